The van der Waals surface area contributed by atoms with Gasteiger partial charge in [0.2, 0.25) is 0 Å². The maximum atomic E-state index is 12.9. The Hall–Kier alpha value is -2.88. The van der Waals surface area contributed by atoms with Crippen LogP contribution >= 0.6 is 0 Å². The second-order valence-electron chi connectivity index (χ2n) is 7.97. The summed E-state index contributed by atoms with van der Waals surface area (Å²) >= 11 is 0. The number of pyridine rings is 1. The molecule has 1 unspecified atom stereocenters. The van der Waals surface area contributed by atoms with Crippen molar-refractivity contribution in [1.29, 1.82) is 0 Å². The molecular formula is C24H25N3O. The number of rotatable bonds is 5. The van der Waals surface area contributed by atoms with Crippen LogP contribution in [0.3, 0.4) is 0 Å². The van der Waals surface area contributed by atoms with E-state index in [-0.39, 0.29) is 5.91 Å². The fourth-order valence-electron chi connectivity index (χ4n) is 4.22. The van der Waals surface area contributed by atoms with Crippen molar-refractivity contribution in [2.24, 2.45) is 0 Å². The molecule has 28 heavy (non-hydrogen) atoms. The third-order valence-corrected chi connectivity index (χ3v) is 5.85. The van der Waals surface area contributed by atoms with Gasteiger partial charge in [-0.2, -0.15) is 0 Å². The zero-order valence-electron chi connectivity index (χ0n) is 16.0. The summed E-state index contributed by atoms with van der Waals surface area (Å²) in [6, 6.07) is 21.4. The van der Waals surface area contributed by atoms with Gasteiger partial charge in [0, 0.05) is 24.0 Å². The molecule has 4 heteroatoms. The van der Waals surface area contributed by atoms with E-state index in [4.69, 9.17) is 4.98 Å². The van der Waals surface area contributed by atoms with Crippen molar-refractivity contribution in [3.8, 4) is 0 Å². The summed E-state index contributed by atoms with van der Waals surface area (Å²) in [5.74, 6) is 0.958. The normalized spacial score (nSPS) is 19.1. The molecule has 2 aliphatic rings. The Labute approximate surface area is 165 Å². The Morgan fingerprint density at radius 1 is 1.04 bits per heavy atom. The molecule has 1 atom stereocenters. The number of aromatic nitrogens is 1. The lowest BCUT2D eigenvalue weighted by Crippen LogP contribution is -2.32. The number of benzene rings is 2. The predicted octanol–water partition coefficient (Wildman–Crippen LogP) is 4.34. The van der Waals surface area contributed by atoms with Gasteiger partial charge in [0.15, 0.2) is 0 Å². The second kappa shape index (κ2) is 7.27. The minimum absolute atomic E-state index is 0.0288. The number of anilines is 1. The first-order chi connectivity index (χ1) is 13.8. The van der Waals surface area contributed by atoms with E-state index in [0.29, 0.717) is 12.1 Å². The van der Waals surface area contributed by atoms with Crippen LogP contribution in [0.1, 0.15) is 41.6 Å². The maximum absolute atomic E-state index is 12.9. The first-order valence-corrected chi connectivity index (χ1v) is 10.3. The average molecular weight is 371 g/mol. The van der Waals surface area contributed by atoms with E-state index < -0.39 is 0 Å². The highest BCUT2D eigenvalue weighted by atomic mass is 16.1. The molecule has 2 aromatic carbocycles. The van der Waals surface area contributed by atoms with Crippen LogP contribution in [0.4, 0.5) is 5.82 Å². The lowest BCUT2D eigenvalue weighted by atomic mass is 10.0. The number of carbonyl (C=O) groups is 1. The summed E-state index contributed by atoms with van der Waals surface area (Å²) in [6.07, 6.45) is 5.52. The molecule has 142 valence electrons. The second-order valence-corrected chi connectivity index (χ2v) is 7.97. The minimum Gasteiger partial charge on any atom is -0.353 e. The van der Waals surface area contributed by atoms with Crippen LogP contribution in [-0.2, 0) is 6.42 Å². The molecule has 0 spiro atoms. The lowest BCUT2D eigenvalue weighted by molar-refractivity contribution is 0.0952. The average Bonchev–Trinajstić information content (AvgIpc) is 3.43. The van der Waals surface area contributed by atoms with Crippen molar-refractivity contribution >= 4 is 22.6 Å². The van der Waals surface area contributed by atoms with E-state index >= 15 is 0 Å². The van der Waals surface area contributed by atoms with Gasteiger partial charge < -0.3 is 10.2 Å². The third-order valence-electron chi connectivity index (χ3n) is 5.85. The van der Waals surface area contributed by atoms with Crippen LogP contribution in [-0.4, -0.2) is 29.5 Å². The standard InChI is InChI=1S/C24H25N3O/c28-24(25-18-12-13-18)21-16-23(26-22-11-5-4-10-20(21)22)27-14-6-9-19(27)15-17-7-2-1-3-8-17/h1-5,7-8,10-11,16,18-19H,6,9,12-15H2,(H,25,28). The fourth-order valence-corrected chi connectivity index (χ4v) is 4.22. The molecule has 1 aliphatic heterocycles. The molecule has 2 fully saturated rings. The highest BCUT2D eigenvalue weighted by Crippen LogP contribution is 2.30. The topological polar surface area (TPSA) is 45.2 Å². The van der Waals surface area contributed by atoms with Crippen molar-refractivity contribution in [2.45, 2.75) is 44.2 Å². The lowest BCUT2D eigenvalue weighted by Gasteiger charge is -2.27. The van der Waals surface area contributed by atoms with Crippen LogP contribution in [0.25, 0.3) is 10.9 Å². The number of hydrogen-bond donors (Lipinski definition) is 1. The van der Waals surface area contributed by atoms with Gasteiger partial charge in [0.05, 0.1) is 11.1 Å². The molecule has 3 aromatic rings. The molecule has 2 heterocycles. The van der Waals surface area contributed by atoms with Crippen LogP contribution in [0.2, 0.25) is 0 Å². The van der Waals surface area contributed by atoms with E-state index in [1.807, 2.05) is 30.3 Å². The van der Waals surface area contributed by atoms with Crippen molar-refractivity contribution in [3.05, 3.63) is 71.8 Å². The van der Waals surface area contributed by atoms with E-state index in [1.165, 1.54) is 5.56 Å². The molecule has 1 saturated carbocycles. The van der Waals surface area contributed by atoms with Crippen LogP contribution in [0.15, 0.2) is 60.7 Å². The highest BCUT2D eigenvalue weighted by Gasteiger charge is 2.28. The van der Waals surface area contributed by atoms with Gasteiger partial charge in [-0.25, -0.2) is 4.98 Å². The largest absolute Gasteiger partial charge is 0.353 e. The Morgan fingerprint density at radius 2 is 1.82 bits per heavy atom. The van der Waals surface area contributed by atoms with Gasteiger partial charge in [0.25, 0.3) is 5.91 Å². The van der Waals surface area contributed by atoms with E-state index in [0.717, 1.165) is 60.9 Å². The fraction of sp³-hybridized carbons (Fsp3) is 0.333. The zero-order chi connectivity index (χ0) is 18.9. The van der Waals surface area contributed by atoms with Crippen molar-refractivity contribution in [1.82, 2.24) is 10.3 Å². The molecule has 4 nitrogen and oxygen atoms in total. The molecule has 1 aliphatic carbocycles. The van der Waals surface area contributed by atoms with Crippen LogP contribution < -0.4 is 10.2 Å². The van der Waals surface area contributed by atoms with Crippen LogP contribution in [0, 0.1) is 0 Å². The number of nitrogens with one attached hydrogen (secondary N) is 1. The Balaban J connectivity index is 1.49. The van der Waals surface area contributed by atoms with E-state index in [1.54, 1.807) is 0 Å². The molecular weight excluding hydrogens is 346 g/mol. The number of hydrogen-bond acceptors (Lipinski definition) is 3. The zero-order valence-corrected chi connectivity index (χ0v) is 16.0. The first kappa shape index (κ1) is 17.2. The van der Waals surface area contributed by atoms with Gasteiger partial charge in [-0.15, -0.1) is 0 Å². The minimum atomic E-state index is 0.0288. The van der Waals surface area contributed by atoms with Crippen molar-refractivity contribution < 1.29 is 4.79 Å². The number of fused-ring (bicyclic) bond motifs is 1. The predicted molar refractivity (Wildman–Crippen MR) is 113 cm³/mol. The van der Waals surface area contributed by atoms with Crippen molar-refractivity contribution in [2.75, 3.05) is 11.4 Å². The molecule has 0 bridgehead atoms. The van der Waals surface area contributed by atoms with Gasteiger partial charge in [-0.1, -0.05) is 48.5 Å². The third kappa shape index (κ3) is 3.47. The molecule has 1 N–H and O–H groups in total. The molecule has 1 aromatic heterocycles. The summed E-state index contributed by atoms with van der Waals surface area (Å²) < 4.78 is 0. The van der Waals surface area contributed by atoms with Gasteiger partial charge >= 0.3 is 0 Å². The number of carbonyl (C=O) groups excluding carboxylic acids is 1. The van der Waals surface area contributed by atoms with Crippen LogP contribution in [0.5, 0.6) is 0 Å². The Bertz CT molecular complexity index is 997. The number of para-hydroxylation sites is 1. The maximum Gasteiger partial charge on any atom is 0.252 e. The highest BCUT2D eigenvalue weighted by molar-refractivity contribution is 6.07. The summed E-state index contributed by atoms with van der Waals surface area (Å²) in [5.41, 5.74) is 3.00. The summed E-state index contributed by atoms with van der Waals surface area (Å²) in [4.78, 5) is 20.2. The molecule has 1 saturated heterocycles. The smallest absolute Gasteiger partial charge is 0.252 e. The SMILES string of the molecule is O=C(NC1CC1)c1cc(N2CCCC2Cc2ccccc2)nc2ccccc12. The Morgan fingerprint density at radius 3 is 2.64 bits per heavy atom. The first-order valence-electron chi connectivity index (χ1n) is 10.3. The Kier molecular flexibility index (Phi) is 4.47. The molecule has 1 amide bonds. The van der Waals surface area contributed by atoms with Gasteiger partial charge in [0.1, 0.15) is 5.82 Å². The van der Waals surface area contributed by atoms with Crippen molar-refractivity contribution in [3.63, 3.8) is 0 Å². The summed E-state index contributed by atoms with van der Waals surface area (Å²) in [6.45, 7) is 0.993. The molecule has 5 rings (SSSR count). The van der Waals surface area contributed by atoms with E-state index in [9.17, 15) is 4.79 Å². The number of nitrogens with zero attached hydrogens (tertiary/aromatic N) is 2. The van der Waals surface area contributed by atoms with Gasteiger partial charge in [-0.05, 0) is 49.8 Å². The quantitative estimate of drug-likeness (QED) is 0.726. The molecule has 0 radical (unpaired) electrons. The van der Waals surface area contributed by atoms with Gasteiger partial charge in [-0.3, -0.25) is 4.79 Å². The summed E-state index contributed by atoms with van der Waals surface area (Å²) in [5, 5.41) is 4.08. The van der Waals surface area contributed by atoms with E-state index in [2.05, 4.69) is 40.5 Å². The summed E-state index contributed by atoms with van der Waals surface area (Å²) in [7, 11) is 0. The number of amides is 1. The monoisotopic (exact) mass is 371 g/mol.